The first-order valence-electron chi connectivity index (χ1n) is 9.37. The van der Waals surface area contributed by atoms with Gasteiger partial charge in [0, 0.05) is 0 Å². The van der Waals surface area contributed by atoms with Gasteiger partial charge in [0.2, 0.25) is 0 Å². The van der Waals surface area contributed by atoms with Crippen molar-refractivity contribution in [3.63, 3.8) is 0 Å². The summed E-state index contributed by atoms with van der Waals surface area (Å²) < 4.78 is 11.3. The molecule has 0 radical (unpaired) electrons. The summed E-state index contributed by atoms with van der Waals surface area (Å²) in [6.07, 6.45) is 1.89. The average molecular weight is 376 g/mol. The molecular weight excluding hydrogens is 352 g/mol. The van der Waals surface area contributed by atoms with E-state index in [-0.39, 0.29) is 5.91 Å². The summed E-state index contributed by atoms with van der Waals surface area (Å²) in [5, 5.41) is 6.19. The predicted octanol–water partition coefficient (Wildman–Crippen LogP) is 4.55. The van der Waals surface area contributed by atoms with Gasteiger partial charge < -0.3 is 9.47 Å². The summed E-state index contributed by atoms with van der Waals surface area (Å²) in [5.74, 6) is 1.15. The first kappa shape index (κ1) is 19.4. The van der Waals surface area contributed by atoms with Crippen LogP contribution in [0.5, 0.6) is 11.5 Å². The zero-order valence-electron chi connectivity index (χ0n) is 16.1. The average Bonchev–Trinajstić information content (AvgIpc) is 2.73. The zero-order valence-corrected chi connectivity index (χ0v) is 16.1. The van der Waals surface area contributed by atoms with Crippen LogP contribution >= 0.6 is 0 Å². The normalized spacial score (nSPS) is 12.1. The minimum atomic E-state index is -0.664. The van der Waals surface area contributed by atoms with Crippen LogP contribution < -0.4 is 14.9 Å². The summed E-state index contributed by atoms with van der Waals surface area (Å²) in [4.78, 5) is 12.2. The molecule has 3 aromatic carbocycles. The maximum Gasteiger partial charge on any atom is 0.280 e. The second kappa shape index (κ2) is 9.55. The van der Waals surface area contributed by atoms with Crippen molar-refractivity contribution in [3.05, 3.63) is 72.3 Å². The molecule has 0 aromatic heterocycles. The van der Waals surface area contributed by atoms with Crippen molar-refractivity contribution in [2.24, 2.45) is 5.10 Å². The number of fused-ring (bicyclic) bond motifs is 1. The van der Waals surface area contributed by atoms with Gasteiger partial charge in [-0.2, -0.15) is 5.10 Å². The van der Waals surface area contributed by atoms with Gasteiger partial charge in [0.25, 0.3) is 5.91 Å². The molecule has 0 aliphatic carbocycles. The summed E-state index contributed by atoms with van der Waals surface area (Å²) in [5.41, 5.74) is 3.38. The SMILES string of the molecule is CCCOc1ccc(/C=N/NC(=O)C(C)Oc2ccc3ccccc3c2)cc1. The van der Waals surface area contributed by atoms with Crippen LogP contribution in [0, 0.1) is 0 Å². The molecule has 0 fully saturated rings. The van der Waals surface area contributed by atoms with E-state index in [9.17, 15) is 4.79 Å². The fourth-order valence-electron chi connectivity index (χ4n) is 2.63. The fraction of sp³-hybridized carbons (Fsp3) is 0.217. The van der Waals surface area contributed by atoms with Crippen LogP contribution in [0.2, 0.25) is 0 Å². The lowest BCUT2D eigenvalue weighted by molar-refractivity contribution is -0.127. The number of amides is 1. The minimum absolute atomic E-state index is 0.313. The van der Waals surface area contributed by atoms with Gasteiger partial charge in [-0.3, -0.25) is 4.79 Å². The summed E-state index contributed by atoms with van der Waals surface area (Å²) in [6.45, 7) is 4.45. The third-order valence-electron chi connectivity index (χ3n) is 4.14. The Morgan fingerprint density at radius 1 is 1.04 bits per heavy atom. The number of ether oxygens (including phenoxy) is 2. The highest BCUT2D eigenvalue weighted by Gasteiger charge is 2.14. The van der Waals surface area contributed by atoms with Crippen LogP contribution in [0.15, 0.2) is 71.8 Å². The number of rotatable bonds is 8. The number of hydrazone groups is 1. The summed E-state index contributed by atoms with van der Waals surface area (Å²) in [7, 11) is 0. The van der Waals surface area contributed by atoms with E-state index in [4.69, 9.17) is 9.47 Å². The Morgan fingerprint density at radius 3 is 2.50 bits per heavy atom. The van der Waals surface area contributed by atoms with E-state index < -0.39 is 6.10 Å². The lowest BCUT2D eigenvalue weighted by Gasteiger charge is -2.13. The lowest BCUT2D eigenvalue weighted by Crippen LogP contribution is -2.33. The molecule has 0 saturated carbocycles. The first-order valence-corrected chi connectivity index (χ1v) is 9.37. The topological polar surface area (TPSA) is 59.9 Å². The standard InChI is InChI=1S/C23H24N2O3/c1-3-14-27-21-11-8-18(9-12-21)16-24-25-23(26)17(2)28-22-13-10-19-6-4-5-7-20(19)15-22/h4-13,15-17H,3,14H2,1-2H3,(H,25,26)/b24-16+. The van der Waals surface area contributed by atoms with E-state index in [2.05, 4.69) is 17.5 Å². The quantitative estimate of drug-likeness (QED) is 0.464. The molecule has 28 heavy (non-hydrogen) atoms. The Labute approximate surface area is 165 Å². The van der Waals surface area contributed by atoms with Gasteiger partial charge in [0.05, 0.1) is 12.8 Å². The predicted molar refractivity (Wildman–Crippen MR) is 112 cm³/mol. The van der Waals surface area contributed by atoms with E-state index in [1.165, 1.54) is 0 Å². The second-order valence-corrected chi connectivity index (χ2v) is 6.42. The molecule has 0 aliphatic heterocycles. The van der Waals surface area contributed by atoms with E-state index in [0.717, 1.165) is 28.5 Å². The van der Waals surface area contributed by atoms with Crippen LogP contribution in [0.1, 0.15) is 25.8 Å². The number of carbonyl (C=O) groups is 1. The first-order chi connectivity index (χ1) is 13.7. The number of benzene rings is 3. The molecule has 0 aliphatic rings. The number of hydrogen-bond acceptors (Lipinski definition) is 4. The maximum atomic E-state index is 12.2. The maximum absolute atomic E-state index is 12.2. The number of hydrogen-bond donors (Lipinski definition) is 1. The van der Waals surface area contributed by atoms with E-state index >= 15 is 0 Å². The Hall–Kier alpha value is -3.34. The van der Waals surface area contributed by atoms with Crippen molar-refractivity contribution in [1.82, 2.24) is 5.43 Å². The molecule has 5 heteroatoms. The van der Waals surface area contributed by atoms with Crippen LogP contribution in [0.3, 0.4) is 0 Å². The molecule has 0 saturated heterocycles. The van der Waals surface area contributed by atoms with Crippen LogP contribution in [-0.4, -0.2) is 24.8 Å². The number of carbonyl (C=O) groups excluding carboxylic acids is 1. The molecule has 5 nitrogen and oxygen atoms in total. The molecule has 1 atom stereocenters. The van der Waals surface area contributed by atoms with Crippen LogP contribution in [0.4, 0.5) is 0 Å². The van der Waals surface area contributed by atoms with E-state index in [1.54, 1.807) is 13.1 Å². The van der Waals surface area contributed by atoms with E-state index in [0.29, 0.717) is 12.4 Å². The molecule has 0 bridgehead atoms. The van der Waals surface area contributed by atoms with Crippen molar-refractivity contribution in [2.75, 3.05) is 6.61 Å². The largest absolute Gasteiger partial charge is 0.494 e. The van der Waals surface area contributed by atoms with Gasteiger partial charge in [0.1, 0.15) is 11.5 Å². The van der Waals surface area contributed by atoms with Crippen LogP contribution in [0.25, 0.3) is 10.8 Å². The fourth-order valence-corrected chi connectivity index (χ4v) is 2.63. The molecule has 1 amide bonds. The van der Waals surface area contributed by atoms with Crippen molar-refractivity contribution in [1.29, 1.82) is 0 Å². The zero-order chi connectivity index (χ0) is 19.8. The Morgan fingerprint density at radius 2 is 1.75 bits per heavy atom. The number of nitrogens with zero attached hydrogens (tertiary/aromatic N) is 1. The summed E-state index contributed by atoms with van der Waals surface area (Å²) >= 11 is 0. The Balaban J connectivity index is 1.52. The van der Waals surface area contributed by atoms with Crippen molar-refractivity contribution in [3.8, 4) is 11.5 Å². The summed E-state index contributed by atoms with van der Waals surface area (Å²) in [6, 6.07) is 21.3. The second-order valence-electron chi connectivity index (χ2n) is 6.42. The third-order valence-corrected chi connectivity index (χ3v) is 4.14. The number of nitrogens with one attached hydrogen (secondary N) is 1. The van der Waals surface area contributed by atoms with Gasteiger partial charge >= 0.3 is 0 Å². The molecule has 1 N–H and O–H groups in total. The Bertz CT molecular complexity index is 951. The molecule has 144 valence electrons. The monoisotopic (exact) mass is 376 g/mol. The lowest BCUT2D eigenvalue weighted by atomic mass is 10.1. The highest BCUT2D eigenvalue weighted by atomic mass is 16.5. The Kier molecular flexibility index (Phi) is 6.63. The van der Waals surface area contributed by atoms with Crippen LogP contribution in [-0.2, 0) is 4.79 Å². The minimum Gasteiger partial charge on any atom is -0.494 e. The highest BCUT2D eigenvalue weighted by molar-refractivity contribution is 5.85. The van der Waals surface area contributed by atoms with Gasteiger partial charge in [-0.1, -0.05) is 37.3 Å². The van der Waals surface area contributed by atoms with Crippen molar-refractivity contribution < 1.29 is 14.3 Å². The molecule has 3 rings (SSSR count). The highest BCUT2D eigenvalue weighted by Crippen LogP contribution is 2.21. The van der Waals surface area contributed by atoms with Gasteiger partial charge in [-0.05, 0) is 66.1 Å². The smallest absolute Gasteiger partial charge is 0.280 e. The molecule has 3 aromatic rings. The molecule has 0 spiro atoms. The molecule has 0 heterocycles. The van der Waals surface area contributed by atoms with Crippen molar-refractivity contribution in [2.45, 2.75) is 26.4 Å². The molecular formula is C23H24N2O3. The van der Waals surface area contributed by atoms with Gasteiger partial charge in [-0.15, -0.1) is 0 Å². The van der Waals surface area contributed by atoms with Crippen molar-refractivity contribution >= 4 is 22.9 Å². The third kappa shape index (κ3) is 5.33. The molecule has 1 unspecified atom stereocenters. The van der Waals surface area contributed by atoms with E-state index in [1.807, 2.05) is 66.7 Å². The van der Waals surface area contributed by atoms with Gasteiger partial charge in [0.15, 0.2) is 6.10 Å². The van der Waals surface area contributed by atoms with Gasteiger partial charge in [-0.25, -0.2) is 5.43 Å².